The largest absolute Gasteiger partial charge is 0.0823 e. The van der Waals surface area contributed by atoms with E-state index >= 15 is 0 Å². The van der Waals surface area contributed by atoms with Crippen molar-refractivity contribution in [3.63, 3.8) is 0 Å². The molecular weight excluding hydrogens is 525 g/mol. The van der Waals surface area contributed by atoms with Crippen LogP contribution < -0.4 is 0 Å². The number of alkyl halides is 3. The van der Waals surface area contributed by atoms with Crippen molar-refractivity contribution >= 4 is 67.8 Å². The molecule has 0 nitrogen and oxygen atoms in total. The average Bonchev–Trinajstić information content (AvgIpc) is 2.42. The Hall–Kier alpha value is 2.19. The van der Waals surface area contributed by atoms with Gasteiger partial charge in [-0.3, -0.25) is 0 Å². The van der Waals surface area contributed by atoms with Crippen molar-refractivity contribution in [3.8, 4) is 0 Å². The van der Waals surface area contributed by atoms with Crippen molar-refractivity contribution in [3.05, 3.63) is 0 Å². The molecule has 3 fully saturated rings. The van der Waals surface area contributed by atoms with Crippen LogP contribution in [0.25, 0.3) is 0 Å². The Morgan fingerprint density at radius 1 is 1.00 bits per heavy atom. The topological polar surface area (TPSA) is 0 Å². The van der Waals surface area contributed by atoms with E-state index in [1.165, 1.54) is 32.1 Å². The van der Waals surface area contributed by atoms with Crippen LogP contribution in [-0.4, -0.2) is 11.8 Å². The summed E-state index contributed by atoms with van der Waals surface area (Å²) in [7, 11) is 0. The zero-order chi connectivity index (χ0) is 10.8. The Balaban J connectivity index is 1.93. The Labute approximate surface area is 134 Å². The first-order chi connectivity index (χ1) is 7.02. The lowest BCUT2D eigenvalue weighted by atomic mass is 9.38. The van der Waals surface area contributed by atoms with E-state index < -0.39 is 0 Å². The summed E-state index contributed by atoms with van der Waals surface area (Å²) in [5.41, 5.74) is 1.42. The quantitative estimate of drug-likeness (QED) is 0.324. The van der Waals surface area contributed by atoms with Crippen molar-refractivity contribution in [1.29, 1.82) is 0 Å². The Morgan fingerprint density at radius 3 is 1.93 bits per heavy atom. The van der Waals surface area contributed by atoms with Gasteiger partial charge in [0.15, 0.2) is 0 Å². The molecule has 0 saturated heterocycles. The maximum Gasteiger partial charge on any atom is 0.0179 e. The van der Waals surface area contributed by atoms with Crippen LogP contribution in [0.4, 0.5) is 0 Å². The lowest BCUT2D eigenvalue weighted by Crippen LogP contribution is -2.67. The monoisotopic (exact) mass is 542 g/mol. The molecule has 6 atom stereocenters. The van der Waals surface area contributed by atoms with E-state index in [1.807, 2.05) is 0 Å². The fourth-order valence-electron chi connectivity index (χ4n) is 4.37. The third-order valence-electron chi connectivity index (χ3n) is 5.65. The highest BCUT2D eigenvalue weighted by Crippen LogP contribution is 2.75. The third-order valence-corrected chi connectivity index (χ3v) is 10.8. The predicted molar refractivity (Wildman–Crippen MR) is 90.5 cm³/mol. The summed E-state index contributed by atoms with van der Waals surface area (Å²) in [4.78, 5) is 0. The van der Waals surface area contributed by atoms with Gasteiger partial charge in [0.1, 0.15) is 0 Å². The van der Waals surface area contributed by atoms with E-state index in [0.717, 1.165) is 23.1 Å². The Kier molecular flexibility index (Phi) is 3.13. The van der Waals surface area contributed by atoms with Crippen molar-refractivity contribution in [1.82, 2.24) is 0 Å². The molecule has 0 radical (unpaired) electrons. The highest BCUT2D eigenvalue weighted by atomic mass is 127. The van der Waals surface area contributed by atoms with Gasteiger partial charge >= 0.3 is 0 Å². The zero-order valence-corrected chi connectivity index (χ0v) is 15.5. The predicted octanol–water partition coefficient (Wildman–Crippen LogP) is 5.00. The van der Waals surface area contributed by atoms with Gasteiger partial charge in [-0.15, -0.1) is 0 Å². The number of halogens is 3. The molecule has 0 spiro atoms. The molecule has 3 heteroatoms. The number of hydrogen-bond donors (Lipinski definition) is 0. The van der Waals surface area contributed by atoms with Gasteiger partial charge in [0.25, 0.3) is 0 Å². The van der Waals surface area contributed by atoms with Crippen LogP contribution in [-0.2, 0) is 0 Å². The van der Waals surface area contributed by atoms with E-state index in [2.05, 4.69) is 74.7 Å². The third kappa shape index (κ3) is 1.35. The van der Waals surface area contributed by atoms with Gasteiger partial charge in [-0.25, -0.2) is 0 Å². The van der Waals surface area contributed by atoms with Gasteiger partial charge in [-0.2, -0.15) is 0 Å². The first-order valence-electron chi connectivity index (χ1n) is 5.94. The minimum Gasteiger partial charge on any atom is -0.0823 e. The van der Waals surface area contributed by atoms with Gasteiger partial charge in [-0.05, 0) is 48.9 Å². The lowest BCUT2D eigenvalue weighted by molar-refractivity contribution is -0.149. The average molecular weight is 542 g/mol. The first kappa shape index (κ1) is 12.2. The van der Waals surface area contributed by atoms with E-state index in [1.54, 1.807) is 0 Å². The van der Waals surface area contributed by atoms with E-state index in [-0.39, 0.29) is 0 Å². The van der Waals surface area contributed by atoms with E-state index in [0.29, 0.717) is 5.41 Å². The van der Waals surface area contributed by atoms with Crippen LogP contribution in [0.2, 0.25) is 0 Å². The highest BCUT2D eigenvalue weighted by molar-refractivity contribution is 14.1. The Bertz CT molecular complexity index is 281. The standard InChI is InChI=1S/C12H17I3/c1-11(9(14)2-3-10(11)15)12-5-4-7(12)8(13)6-12/h7-10H,2-6H2,1H3/t7?,8-,9-,10+,11-,12?/m1/s1. The molecule has 3 rings (SSSR count). The number of rotatable bonds is 1. The molecule has 2 unspecified atom stereocenters. The van der Waals surface area contributed by atoms with Crippen LogP contribution in [0.3, 0.4) is 0 Å². The molecule has 0 N–H and O–H groups in total. The smallest absolute Gasteiger partial charge is 0.0179 e. The molecule has 3 aliphatic carbocycles. The molecule has 0 bridgehead atoms. The van der Waals surface area contributed by atoms with Crippen LogP contribution >= 0.6 is 67.8 Å². The fraction of sp³-hybridized carbons (Fsp3) is 1.00. The number of hydrogen-bond acceptors (Lipinski definition) is 0. The molecule has 15 heavy (non-hydrogen) atoms. The van der Waals surface area contributed by atoms with Gasteiger partial charge in [0, 0.05) is 11.8 Å². The van der Waals surface area contributed by atoms with Crippen LogP contribution in [0.15, 0.2) is 0 Å². The fourth-order valence-corrected chi connectivity index (χ4v) is 9.72. The summed E-state index contributed by atoms with van der Waals surface area (Å²) in [6.07, 6.45) is 7.51. The van der Waals surface area contributed by atoms with E-state index in [4.69, 9.17) is 0 Å². The second-order valence-electron chi connectivity index (χ2n) is 5.82. The second-order valence-corrected chi connectivity index (χ2v) is 10.4. The molecule has 0 aromatic rings. The van der Waals surface area contributed by atoms with Gasteiger partial charge in [0.2, 0.25) is 0 Å². The second kappa shape index (κ2) is 3.84. The van der Waals surface area contributed by atoms with Crippen molar-refractivity contribution in [2.24, 2.45) is 16.7 Å². The normalized spacial score (nSPS) is 63.2. The van der Waals surface area contributed by atoms with Gasteiger partial charge in [-0.1, -0.05) is 74.7 Å². The van der Waals surface area contributed by atoms with Crippen molar-refractivity contribution in [2.75, 3.05) is 0 Å². The molecule has 3 saturated carbocycles. The summed E-state index contributed by atoms with van der Waals surface area (Å²) in [6.45, 7) is 2.61. The molecule has 0 heterocycles. The zero-order valence-electron chi connectivity index (χ0n) is 8.98. The summed E-state index contributed by atoms with van der Waals surface area (Å²) in [5.74, 6) is 1.08. The molecule has 0 aliphatic heterocycles. The van der Waals surface area contributed by atoms with Crippen LogP contribution in [0.1, 0.15) is 39.0 Å². The molecule has 0 amide bonds. The summed E-state index contributed by atoms with van der Waals surface area (Å²) < 4.78 is 2.87. The maximum absolute atomic E-state index is 2.75. The maximum atomic E-state index is 2.75. The van der Waals surface area contributed by atoms with Crippen LogP contribution in [0, 0.1) is 16.7 Å². The minimum absolute atomic E-state index is 0.651. The Morgan fingerprint density at radius 2 is 1.60 bits per heavy atom. The summed E-state index contributed by atoms with van der Waals surface area (Å²) in [6, 6.07) is 0. The first-order valence-corrected chi connectivity index (χ1v) is 9.68. The van der Waals surface area contributed by atoms with Crippen LogP contribution in [0.5, 0.6) is 0 Å². The minimum atomic E-state index is 0.651. The lowest BCUT2D eigenvalue weighted by Gasteiger charge is -2.70. The summed E-state index contributed by atoms with van der Waals surface area (Å²) in [5, 5.41) is 0. The summed E-state index contributed by atoms with van der Waals surface area (Å²) >= 11 is 8.20. The molecular formula is C12H17I3. The number of fused-ring (bicyclic) bond motifs is 1. The van der Waals surface area contributed by atoms with Crippen molar-refractivity contribution < 1.29 is 0 Å². The molecule has 0 aromatic heterocycles. The molecule has 86 valence electrons. The molecule has 3 aliphatic rings. The van der Waals surface area contributed by atoms with Crippen molar-refractivity contribution in [2.45, 2.75) is 50.8 Å². The SMILES string of the molecule is C[C@@]1(C23CCC2[C@H](I)C3)[C@H](I)CC[C@@H]1I. The highest BCUT2D eigenvalue weighted by Gasteiger charge is 2.70. The van der Waals surface area contributed by atoms with E-state index in [9.17, 15) is 0 Å². The van der Waals surface area contributed by atoms with Gasteiger partial charge in [0.05, 0.1) is 0 Å². The van der Waals surface area contributed by atoms with Gasteiger partial charge < -0.3 is 0 Å². The molecule has 0 aromatic carbocycles.